The molecular weight excluding hydrogens is 254 g/mol. The fourth-order valence-corrected chi connectivity index (χ4v) is 2.97. The SMILES string of the molecule is Clc1csc(Oc2ccc3c(c2)CCCC3)n1. The summed E-state index contributed by atoms with van der Waals surface area (Å²) in [7, 11) is 0. The van der Waals surface area contributed by atoms with Crippen LogP contribution in [-0.2, 0) is 12.8 Å². The van der Waals surface area contributed by atoms with Crippen molar-refractivity contribution in [2.75, 3.05) is 0 Å². The Morgan fingerprint density at radius 1 is 1.18 bits per heavy atom. The van der Waals surface area contributed by atoms with Gasteiger partial charge < -0.3 is 4.74 Å². The molecule has 0 fully saturated rings. The van der Waals surface area contributed by atoms with E-state index in [0.717, 1.165) is 12.2 Å². The number of fused-ring (bicyclic) bond motifs is 1. The van der Waals surface area contributed by atoms with E-state index in [4.69, 9.17) is 16.3 Å². The minimum atomic E-state index is 0.489. The highest BCUT2D eigenvalue weighted by Crippen LogP contribution is 2.30. The molecule has 1 aromatic carbocycles. The molecule has 1 heterocycles. The first-order valence-electron chi connectivity index (χ1n) is 5.72. The lowest BCUT2D eigenvalue weighted by molar-refractivity contribution is 0.477. The van der Waals surface area contributed by atoms with Crippen LogP contribution in [0.15, 0.2) is 23.6 Å². The zero-order valence-electron chi connectivity index (χ0n) is 9.28. The zero-order valence-corrected chi connectivity index (χ0v) is 10.9. The van der Waals surface area contributed by atoms with E-state index in [9.17, 15) is 0 Å². The molecule has 0 atom stereocenters. The molecule has 3 rings (SSSR count). The third kappa shape index (κ3) is 2.45. The maximum absolute atomic E-state index is 5.76. The van der Waals surface area contributed by atoms with Crippen molar-refractivity contribution in [2.24, 2.45) is 0 Å². The Morgan fingerprint density at radius 3 is 2.76 bits per heavy atom. The van der Waals surface area contributed by atoms with E-state index in [0.29, 0.717) is 10.3 Å². The van der Waals surface area contributed by atoms with Crippen LogP contribution >= 0.6 is 22.9 Å². The fraction of sp³-hybridized carbons (Fsp3) is 0.308. The number of hydrogen-bond donors (Lipinski definition) is 0. The quantitative estimate of drug-likeness (QED) is 0.799. The molecule has 1 aliphatic rings. The van der Waals surface area contributed by atoms with Gasteiger partial charge in [-0.05, 0) is 48.9 Å². The number of halogens is 1. The van der Waals surface area contributed by atoms with Gasteiger partial charge in [0.1, 0.15) is 10.9 Å². The third-order valence-electron chi connectivity index (χ3n) is 2.98. The summed E-state index contributed by atoms with van der Waals surface area (Å²) in [6.45, 7) is 0. The van der Waals surface area contributed by atoms with Crippen LogP contribution in [0.5, 0.6) is 10.9 Å². The minimum Gasteiger partial charge on any atom is -0.431 e. The number of nitrogens with zero attached hydrogens (tertiary/aromatic N) is 1. The largest absolute Gasteiger partial charge is 0.431 e. The molecule has 0 spiro atoms. The summed E-state index contributed by atoms with van der Waals surface area (Å²) in [4.78, 5) is 4.08. The molecule has 1 aliphatic carbocycles. The lowest BCUT2D eigenvalue weighted by Crippen LogP contribution is -2.02. The fourth-order valence-electron chi connectivity index (χ4n) is 2.16. The molecule has 0 aliphatic heterocycles. The third-order valence-corrected chi connectivity index (χ3v) is 4.02. The number of benzene rings is 1. The Labute approximate surface area is 109 Å². The number of aryl methyl sites for hydroxylation is 2. The van der Waals surface area contributed by atoms with Crippen molar-refractivity contribution in [1.82, 2.24) is 4.98 Å². The Hall–Kier alpha value is -1.06. The van der Waals surface area contributed by atoms with E-state index >= 15 is 0 Å². The van der Waals surface area contributed by atoms with E-state index < -0.39 is 0 Å². The van der Waals surface area contributed by atoms with Gasteiger partial charge in [-0.2, -0.15) is 4.98 Å². The van der Waals surface area contributed by atoms with Crippen LogP contribution in [0.25, 0.3) is 0 Å². The van der Waals surface area contributed by atoms with Gasteiger partial charge in [0.2, 0.25) is 0 Å². The van der Waals surface area contributed by atoms with Crippen molar-refractivity contribution < 1.29 is 4.74 Å². The molecule has 1 aromatic heterocycles. The second-order valence-corrected chi connectivity index (χ2v) is 5.38. The van der Waals surface area contributed by atoms with Crippen LogP contribution < -0.4 is 4.74 Å². The van der Waals surface area contributed by atoms with Gasteiger partial charge >= 0.3 is 0 Å². The van der Waals surface area contributed by atoms with Crippen LogP contribution in [-0.4, -0.2) is 4.98 Å². The van der Waals surface area contributed by atoms with Crippen LogP contribution in [0.3, 0.4) is 0 Å². The summed E-state index contributed by atoms with van der Waals surface area (Å²) < 4.78 is 5.69. The van der Waals surface area contributed by atoms with Gasteiger partial charge in [0.25, 0.3) is 5.19 Å². The number of hydrogen-bond acceptors (Lipinski definition) is 3. The van der Waals surface area contributed by atoms with Crippen molar-refractivity contribution in [3.05, 3.63) is 39.9 Å². The molecule has 17 heavy (non-hydrogen) atoms. The predicted octanol–water partition coefficient (Wildman–Crippen LogP) is 4.47. The Bertz CT molecular complexity index is 538. The molecular formula is C13H12ClNOS. The Balaban J connectivity index is 1.84. The van der Waals surface area contributed by atoms with Crippen molar-refractivity contribution in [3.63, 3.8) is 0 Å². The lowest BCUT2D eigenvalue weighted by Gasteiger charge is -2.16. The number of ether oxygens (including phenoxy) is 1. The molecule has 0 radical (unpaired) electrons. The summed E-state index contributed by atoms with van der Waals surface area (Å²) in [5.41, 5.74) is 2.87. The molecule has 2 nitrogen and oxygen atoms in total. The van der Waals surface area contributed by atoms with Crippen LogP contribution in [0, 0.1) is 0 Å². The highest BCUT2D eigenvalue weighted by Gasteiger charge is 2.11. The average molecular weight is 266 g/mol. The monoisotopic (exact) mass is 265 g/mol. The first-order valence-corrected chi connectivity index (χ1v) is 6.98. The number of rotatable bonds is 2. The van der Waals surface area contributed by atoms with E-state index in [1.807, 2.05) is 6.07 Å². The average Bonchev–Trinajstić information content (AvgIpc) is 2.75. The van der Waals surface area contributed by atoms with Gasteiger partial charge in [-0.1, -0.05) is 29.0 Å². The summed E-state index contributed by atoms with van der Waals surface area (Å²) >= 11 is 7.18. The standard InChI is InChI=1S/C13H12ClNOS/c14-12-8-17-13(15-12)16-11-6-5-9-3-1-2-4-10(9)7-11/h5-8H,1-4H2. The van der Waals surface area contributed by atoms with Crippen molar-refractivity contribution in [2.45, 2.75) is 25.7 Å². The summed E-state index contributed by atoms with van der Waals surface area (Å²) in [6.07, 6.45) is 4.93. The molecule has 0 saturated heterocycles. The maximum atomic E-state index is 5.76. The zero-order chi connectivity index (χ0) is 11.7. The normalized spacial score (nSPS) is 14.4. The van der Waals surface area contributed by atoms with Crippen LogP contribution in [0.4, 0.5) is 0 Å². The second-order valence-electron chi connectivity index (χ2n) is 4.18. The summed E-state index contributed by atoms with van der Waals surface area (Å²) in [6, 6.07) is 6.31. The highest BCUT2D eigenvalue weighted by molar-refractivity contribution is 7.11. The smallest absolute Gasteiger partial charge is 0.280 e. The van der Waals surface area contributed by atoms with E-state index in [1.165, 1.54) is 41.7 Å². The van der Waals surface area contributed by atoms with Crippen LogP contribution in [0.1, 0.15) is 24.0 Å². The van der Waals surface area contributed by atoms with Crippen molar-refractivity contribution >= 4 is 22.9 Å². The molecule has 0 N–H and O–H groups in total. The molecule has 2 aromatic rings. The lowest BCUT2D eigenvalue weighted by atomic mass is 9.92. The highest BCUT2D eigenvalue weighted by atomic mass is 35.5. The topological polar surface area (TPSA) is 22.1 Å². The molecule has 4 heteroatoms. The van der Waals surface area contributed by atoms with Crippen molar-refractivity contribution in [3.8, 4) is 10.9 Å². The van der Waals surface area contributed by atoms with Gasteiger partial charge in [-0.15, -0.1) is 0 Å². The molecule has 88 valence electrons. The van der Waals surface area contributed by atoms with E-state index in [-0.39, 0.29) is 0 Å². The second kappa shape index (κ2) is 4.67. The van der Waals surface area contributed by atoms with E-state index in [2.05, 4.69) is 17.1 Å². The van der Waals surface area contributed by atoms with Gasteiger partial charge in [0.15, 0.2) is 0 Å². The Kier molecular flexibility index (Phi) is 3.04. The molecule has 0 bridgehead atoms. The summed E-state index contributed by atoms with van der Waals surface area (Å²) in [5, 5.41) is 2.86. The maximum Gasteiger partial charge on any atom is 0.280 e. The van der Waals surface area contributed by atoms with E-state index in [1.54, 1.807) is 5.38 Å². The van der Waals surface area contributed by atoms with Crippen molar-refractivity contribution in [1.29, 1.82) is 0 Å². The van der Waals surface area contributed by atoms with Gasteiger partial charge in [-0.3, -0.25) is 0 Å². The van der Waals surface area contributed by atoms with Gasteiger partial charge in [-0.25, -0.2) is 0 Å². The molecule has 0 amide bonds. The number of thiazole rings is 1. The molecule has 0 unspecified atom stereocenters. The molecule has 0 saturated carbocycles. The summed E-state index contributed by atoms with van der Waals surface area (Å²) in [5.74, 6) is 0.858. The first kappa shape index (κ1) is 11.1. The predicted molar refractivity (Wildman–Crippen MR) is 70.3 cm³/mol. The number of aromatic nitrogens is 1. The Morgan fingerprint density at radius 2 is 2.00 bits per heavy atom. The first-order chi connectivity index (χ1) is 8.31. The van der Waals surface area contributed by atoms with Crippen LogP contribution in [0.2, 0.25) is 5.15 Å². The van der Waals surface area contributed by atoms with Gasteiger partial charge in [0, 0.05) is 5.38 Å². The van der Waals surface area contributed by atoms with Gasteiger partial charge in [0.05, 0.1) is 0 Å². The minimum absolute atomic E-state index is 0.489.